The van der Waals surface area contributed by atoms with Crippen molar-refractivity contribution in [3.05, 3.63) is 84.2 Å². The van der Waals surface area contributed by atoms with Crippen LogP contribution in [-0.2, 0) is 6.18 Å². The van der Waals surface area contributed by atoms with Crippen LogP contribution in [0.2, 0.25) is 0 Å². The Balaban J connectivity index is 0.00000158. The fraction of sp³-hybridized carbons (Fsp3) is 0.130. The summed E-state index contributed by atoms with van der Waals surface area (Å²) in [7, 11) is 0. The molecule has 34 heavy (non-hydrogen) atoms. The number of nitriles is 1. The summed E-state index contributed by atoms with van der Waals surface area (Å²) in [6, 6.07) is 11.5. The van der Waals surface area contributed by atoms with Gasteiger partial charge in [-0.25, -0.2) is 14.6 Å². The lowest BCUT2D eigenvalue weighted by molar-refractivity contribution is -0.142. The van der Waals surface area contributed by atoms with Gasteiger partial charge in [-0.3, -0.25) is 9.78 Å². The summed E-state index contributed by atoms with van der Waals surface area (Å²) in [5.41, 5.74) is 0.159. The molecule has 4 heterocycles. The van der Waals surface area contributed by atoms with E-state index in [9.17, 15) is 18.0 Å². The lowest BCUT2D eigenvalue weighted by Gasteiger charge is -2.10. The smallest absolute Gasteiger partial charge is 0.321 e. The van der Waals surface area contributed by atoms with Gasteiger partial charge in [0.15, 0.2) is 11.5 Å². The van der Waals surface area contributed by atoms with Gasteiger partial charge < -0.3 is 5.32 Å². The Morgan fingerprint density at radius 3 is 2.41 bits per heavy atom. The number of halogens is 3. The number of nitrogens with zero attached hydrogens (tertiary/aromatic N) is 6. The molecule has 4 aromatic heterocycles. The molecule has 0 saturated heterocycles. The van der Waals surface area contributed by atoms with Crippen LogP contribution in [-0.4, -0.2) is 30.6 Å². The van der Waals surface area contributed by atoms with Crippen LogP contribution >= 0.6 is 0 Å². The van der Waals surface area contributed by atoms with Gasteiger partial charge >= 0.3 is 6.18 Å². The minimum absolute atomic E-state index is 0.0855. The molecular weight excluding hydrogens is 447 g/mol. The molecular formula is C23H18F3N7O. The van der Waals surface area contributed by atoms with Crippen molar-refractivity contribution in [3.63, 3.8) is 0 Å². The molecule has 0 unspecified atom stereocenters. The van der Waals surface area contributed by atoms with Crippen molar-refractivity contribution < 1.29 is 18.0 Å². The molecule has 0 aliphatic carbocycles. The van der Waals surface area contributed by atoms with Crippen molar-refractivity contribution in [3.8, 4) is 23.1 Å². The molecule has 0 spiro atoms. The highest BCUT2D eigenvalue weighted by Gasteiger charge is 2.36. The Morgan fingerprint density at radius 1 is 1.06 bits per heavy atom. The Morgan fingerprint density at radius 2 is 1.85 bits per heavy atom. The molecule has 1 N–H and O–H groups in total. The Kier molecular flexibility index (Phi) is 7.33. The van der Waals surface area contributed by atoms with E-state index in [-0.39, 0.29) is 22.8 Å². The van der Waals surface area contributed by atoms with Crippen LogP contribution in [0, 0.1) is 11.3 Å². The van der Waals surface area contributed by atoms with E-state index in [0.29, 0.717) is 15.9 Å². The number of carbonyl (C=O) groups is 1. The molecule has 4 aromatic rings. The van der Waals surface area contributed by atoms with Crippen LogP contribution in [0.25, 0.3) is 17.1 Å². The van der Waals surface area contributed by atoms with E-state index in [4.69, 9.17) is 5.26 Å². The zero-order valence-corrected chi connectivity index (χ0v) is 18.1. The monoisotopic (exact) mass is 465 g/mol. The molecule has 0 saturated carbocycles. The summed E-state index contributed by atoms with van der Waals surface area (Å²) in [5, 5.41) is 15.4. The average molecular weight is 465 g/mol. The Bertz CT molecular complexity index is 1290. The third-order valence-electron chi connectivity index (χ3n) is 4.32. The maximum Gasteiger partial charge on any atom is 0.433 e. The SMILES string of the molecule is CC.N#Cc1ccc(NC(=O)c2ccc(-n3nc(-c4cccnc4)cc3C(F)(F)F)nc2)cn1. The van der Waals surface area contributed by atoms with Gasteiger partial charge in [-0.15, -0.1) is 0 Å². The van der Waals surface area contributed by atoms with Crippen LogP contribution in [0.15, 0.2) is 67.3 Å². The van der Waals surface area contributed by atoms with Crippen LogP contribution < -0.4 is 5.32 Å². The summed E-state index contributed by atoms with van der Waals surface area (Å²) < 4.78 is 41.4. The maximum absolute atomic E-state index is 13.6. The molecule has 0 fully saturated rings. The predicted octanol–water partition coefficient (Wildman–Crippen LogP) is 4.89. The van der Waals surface area contributed by atoms with Crippen LogP contribution in [0.1, 0.15) is 35.6 Å². The molecule has 11 heteroatoms. The minimum Gasteiger partial charge on any atom is -0.321 e. The summed E-state index contributed by atoms with van der Waals surface area (Å²) in [4.78, 5) is 24.1. The number of carbonyl (C=O) groups excluding carboxylic acids is 1. The molecule has 0 aliphatic heterocycles. The number of pyridine rings is 3. The molecule has 0 aliphatic rings. The van der Waals surface area contributed by atoms with Crippen LogP contribution in [0.4, 0.5) is 18.9 Å². The van der Waals surface area contributed by atoms with Gasteiger partial charge in [-0.2, -0.15) is 23.5 Å². The van der Waals surface area contributed by atoms with E-state index in [0.717, 1.165) is 12.3 Å². The zero-order chi connectivity index (χ0) is 24.7. The number of hydrogen-bond donors (Lipinski definition) is 1. The summed E-state index contributed by atoms with van der Waals surface area (Å²) in [5.74, 6) is -0.646. The second-order valence-electron chi connectivity index (χ2n) is 6.47. The first-order chi connectivity index (χ1) is 16.3. The first-order valence-corrected chi connectivity index (χ1v) is 10.1. The van der Waals surface area contributed by atoms with Crippen LogP contribution in [0.3, 0.4) is 0 Å². The number of anilines is 1. The van der Waals surface area contributed by atoms with Gasteiger partial charge in [0.2, 0.25) is 0 Å². The van der Waals surface area contributed by atoms with E-state index >= 15 is 0 Å². The van der Waals surface area contributed by atoms with Gasteiger partial charge in [0.25, 0.3) is 5.91 Å². The van der Waals surface area contributed by atoms with Crippen molar-refractivity contribution >= 4 is 11.6 Å². The number of hydrogen-bond acceptors (Lipinski definition) is 6. The summed E-state index contributed by atoms with van der Waals surface area (Å²) >= 11 is 0. The Labute approximate surface area is 192 Å². The summed E-state index contributed by atoms with van der Waals surface area (Å²) in [6.07, 6.45) is 0.703. The highest BCUT2D eigenvalue weighted by Crippen LogP contribution is 2.33. The van der Waals surface area contributed by atoms with Gasteiger partial charge in [-0.1, -0.05) is 13.8 Å². The topological polar surface area (TPSA) is 109 Å². The molecule has 0 atom stereocenters. The van der Waals surface area contributed by atoms with E-state index in [1.54, 1.807) is 12.1 Å². The maximum atomic E-state index is 13.6. The van der Waals surface area contributed by atoms with Gasteiger partial charge in [0.1, 0.15) is 11.8 Å². The standard InChI is InChI=1S/C21H12F3N7O.C2H6/c22-21(23,24)18-8-17(13-2-1-7-26-10-13)30-31(18)19-6-3-14(11-28-19)20(32)29-16-5-4-15(9-25)27-12-16;1-2/h1-8,10-12H,(H,29,32);1-2H3. The van der Waals surface area contributed by atoms with Gasteiger partial charge in [0, 0.05) is 24.2 Å². The first-order valence-electron chi connectivity index (χ1n) is 10.1. The molecule has 0 aromatic carbocycles. The summed E-state index contributed by atoms with van der Waals surface area (Å²) in [6.45, 7) is 4.00. The molecule has 0 bridgehead atoms. The normalized spacial score (nSPS) is 10.6. The van der Waals surface area contributed by atoms with Crippen molar-refractivity contribution in [1.82, 2.24) is 24.7 Å². The minimum atomic E-state index is -4.67. The first kappa shape index (κ1) is 24.1. The third kappa shape index (κ3) is 5.42. The lowest BCUT2D eigenvalue weighted by atomic mass is 10.2. The number of alkyl halides is 3. The largest absolute Gasteiger partial charge is 0.433 e. The lowest BCUT2D eigenvalue weighted by Crippen LogP contribution is -2.15. The van der Waals surface area contributed by atoms with Crippen molar-refractivity contribution in [2.75, 3.05) is 5.32 Å². The number of rotatable bonds is 4. The van der Waals surface area contributed by atoms with E-state index in [2.05, 4.69) is 25.4 Å². The Hall–Kier alpha value is -4.59. The fourth-order valence-corrected chi connectivity index (χ4v) is 2.80. The highest BCUT2D eigenvalue weighted by atomic mass is 19.4. The van der Waals surface area contributed by atoms with E-state index < -0.39 is 17.8 Å². The number of nitrogens with one attached hydrogen (secondary N) is 1. The second-order valence-corrected chi connectivity index (χ2v) is 6.47. The van der Waals surface area contributed by atoms with Crippen molar-refractivity contribution in [2.45, 2.75) is 20.0 Å². The van der Waals surface area contributed by atoms with E-state index in [1.807, 2.05) is 19.9 Å². The molecule has 172 valence electrons. The molecule has 1 amide bonds. The predicted molar refractivity (Wildman–Crippen MR) is 118 cm³/mol. The zero-order valence-electron chi connectivity index (χ0n) is 18.1. The molecule has 4 rings (SSSR count). The quantitative estimate of drug-likeness (QED) is 0.459. The fourth-order valence-electron chi connectivity index (χ4n) is 2.80. The van der Waals surface area contributed by atoms with Gasteiger partial charge in [0.05, 0.1) is 23.1 Å². The average Bonchev–Trinajstić information content (AvgIpc) is 3.33. The highest BCUT2D eigenvalue weighted by molar-refractivity contribution is 6.04. The molecule has 8 nitrogen and oxygen atoms in total. The molecule has 0 radical (unpaired) electrons. The van der Waals surface area contributed by atoms with Crippen molar-refractivity contribution in [2.24, 2.45) is 0 Å². The van der Waals surface area contributed by atoms with Crippen molar-refractivity contribution in [1.29, 1.82) is 5.26 Å². The van der Waals surface area contributed by atoms with Gasteiger partial charge in [-0.05, 0) is 42.5 Å². The second kappa shape index (κ2) is 10.4. The third-order valence-corrected chi connectivity index (χ3v) is 4.32. The number of amides is 1. The number of aromatic nitrogens is 5. The van der Waals surface area contributed by atoms with E-state index in [1.165, 1.54) is 42.9 Å². The van der Waals surface area contributed by atoms with Crippen LogP contribution in [0.5, 0.6) is 0 Å².